The molecule has 0 aromatic carbocycles. The first-order chi connectivity index (χ1) is 7.70. The van der Waals surface area contributed by atoms with Gasteiger partial charge in [0.15, 0.2) is 0 Å². The summed E-state index contributed by atoms with van der Waals surface area (Å²) in [6, 6.07) is 7.60. The molecular weight excluding hydrogens is 202 g/mol. The lowest BCUT2D eigenvalue weighted by Gasteiger charge is -2.06. The zero-order valence-corrected chi connectivity index (χ0v) is 9.27. The number of nitrogen functional groups attached to an aromatic ring is 1. The normalized spacial score (nSPS) is 10.1. The molecule has 0 radical (unpaired) electrons. The van der Waals surface area contributed by atoms with Crippen molar-refractivity contribution in [3.63, 3.8) is 0 Å². The molecule has 2 N–H and O–H groups in total. The van der Waals surface area contributed by atoms with E-state index < -0.39 is 0 Å². The third-order valence-electron chi connectivity index (χ3n) is 2.32. The van der Waals surface area contributed by atoms with Crippen LogP contribution in [0.2, 0.25) is 0 Å². The molecule has 0 spiro atoms. The quantitative estimate of drug-likeness (QED) is 0.832. The highest BCUT2D eigenvalue weighted by Crippen LogP contribution is 2.26. The third kappa shape index (κ3) is 1.95. The Hall–Kier alpha value is -2.10. The number of nitrogens with two attached hydrogens (primary N) is 1. The van der Waals surface area contributed by atoms with Crippen LogP contribution < -0.4 is 10.5 Å². The Morgan fingerprint density at radius 3 is 2.75 bits per heavy atom. The Morgan fingerprint density at radius 1 is 1.25 bits per heavy atom. The SMILES string of the molecule is COc1cc(-c2ccc(C)nc2N)ccn1. The maximum absolute atomic E-state index is 5.87. The molecule has 2 rings (SSSR count). The number of aryl methyl sites for hydroxylation is 1. The van der Waals surface area contributed by atoms with Crippen molar-refractivity contribution in [2.75, 3.05) is 12.8 Å². The molecule has 0 saturated carbocycles. The summed E-state index contributed by atoms with van der Waals surface area (Å²) >= 11 is 0. The standard InChI is InChI=1S/C12H13N3O/c1-8-3-4-10(12(13)15-8)9-5-6-14-11(7-9)16-2/h3-7H,1-2H3,(H2,13,15). The number of pyridine rings is 2. The molecule has 2 heterocycles. The highest BCUT2D eigenvalue weighted by atomic mass is 16.5. The van der Waals surface area contributed by atoms with Gasteiger partial charge in [0.2, 0.25) is 5.88 Å². The van der Waals surface area contributed by atoms with E-state index in [2.05, 4.69) is 9.97 Å². The van der Waals surface area contributed by atoms with Gasteiger partial charge in [-0.25, -0.2) is 9.97 Å². The first-order valence-electron chi connectivity index (χ1n) is 4.94. The topological polar surface area (TPSA) is 61.0 Å². The maximum Gasteiger partial charge on any atom is 0.213 e. The lowest BCUT2D eigenvalue weighted by atomic mass is 10.1. The molecule has 2 aromatic rings. The van der Waals surface area contributed by atoms with E-state index in [-0.39, 0.29) is 0 Å². The van der Waals surface area contributed by atoms with Crippen molar-refractivity contribution >= 4 is 5.82 Å². The molecule has 0 aliphatic heterocycles. The van der Waals surface area contributed by atoms with Gasteiger partial charge in [0.1, 0.15) is 5.82 Å². The van der Waals surface area contributed by atoms with Crippen LogP contribution in [-0.4, -0.2) is 17.1 Å². The minimum Gasteiger partial charge on any atom is -0.481 e. The average Bonchev–Trinajstić information content (AvgIpc) is 2.29. The average molecular weight is 215 g/mol. The van der Waals surface area contributed by atoms with Crippen LogP contribution in [0.3, 0.4) is 0 Å². The number of rotatable bonds is 2. The van der Waals surface area contributed by atoms with Crippen LogP contribution in [0.5, 0.6) is 5.88 Å². The van der Waals surface area contributed by atoms with E-state index in [1.807, 2.05) is 31.2 Å². The van der Waals surface area contributed by atoms with Crippen LogP contribution in [0, 0.1) is 6.92 Å². The molecular formula is C12H13N3O. The number of ether oxygens (including phenoxy) is 1. The van der Waals surface area contributed by atoms with E-state index in [4.69, 9.17) is 10.5 Å². The molecule has 0 saturated heterocycles. The number of nitrogens with zero attached hydrogens (tertiary/aromatic N) is 2. The number of hydrogen-bond acceptors (Lipinski definition) is 4. The molecule has 4 nitrogen and oxygen atoms in total. The van der Waals surface area contributed by atoms with Gasteiger partial charge in [0.25, 0.3) is 0 Å². The van der Waals surface area contributed by atoms with Gasteiger partial charge in [-0.1, -0.05) is 0 Å². The van der Waals surface area contributed by atoms with Crippen LogP contribution in [0.15, 0.2) is 30.5 Å². The van der Waals surface area contributed by atoms with Gasteiger partial charge in [-0.15, -0.1) is 0 Å². The minimum atomic E-state index is 0.522. The van der Waals surface area contributed by atoms with Crippen molar-refractivity contribution in [1.82, 2.24) is 9.97 Å². The summed E-state index contributed by atoms with van der Waals surface area (Å²) in [4.78, 5) is 8.27. The second kappa shape index (κ2) is 4.18. The summed E-state index contributed by atoms with van der Waals surface area (Å²) in [6.45, 7) is 1.91. The lowest BCUT2D eigenvalue weighted by molar-refractivity contribution is 0.398. The fourth-order valence-electron chi connectivity index (χ4n) is 1.51. The van der Waals surface area contributed by atoms with Gasteiger partial charge in [-0.3, -0.25) is 0 Å². The second-order valence-electron chi connectivity index (χ2n) is 3.47. The number of hydrogen-bond donors (Lipinski definition) is 1. The summed E-state index contributed by atoms with van der Waals surface area (Å²) in [5.74, 6) is 1.09. The van der Waals surface area contributed by atoms with Crippen LogP contribution >= 0.6 is 0 Å². The molecule has 0 fully saturated rings. The largest absolute Gasteiger partial charge is 0.481 e. The zero-order valence-electron chi connectivity index (χ0n) is 9.27. The van der Waals surface area contributed by atoms with Gasteiger partial charge < -0.3 is 10.5 Å². The molecule has 16 heavy (non-hydrogen) atoms. The van der Waals surface area contributed by atoms with Gasteiger partial charge in [0.05, 0.1) is 7.11 Å². The van der Waals surface area contributed by atoms with Gasteiger partial charge >= 0.3 is 0 Å². The number of methoxy groups -OCH3 is 1. The molecule has 2 aromatic heterocycles. The molecule has 4 heteroatoms. The predicted molar refractivity (Wildman–Crippen MR) is 63.2 cm³/mol. The summed E-state index contributed by atoms with van der Waals surface area (Å²) in [7, 11) is 1.59. The van der Waals surface area contributed by atoms with Crippen LogP contribution in [0.1, 0.15) is 5.69 Å². The van der Waals surface area contributed by atoms with E-state index in [9.17, 15) is 0 Å². The third-order valence-corrected chi connectivity index (χ3v) is 2.32. The smallest absolute Gasteiger partial charge is 0.213 e. The maximum atomic E-state index is 5.87. The Bertz CT molecular complexity index is 511. The lowest BCUT2D eigenvalue weighted by Crippen LogP contribution is -1.96. The summed E-state index contributed by atoms with van der Waals surface area (Å²) in [5.41, 5.74) is 8.63. The zero-order chi connectivity index (χ0) is 11.5. The van der Waals surface area contributed by atoms with Crippen molar-refractivity contribution in [2.24, 2.45) is 0 Å². The molecule has 0 aliphatic rings. The van der Waals surface area contributed by atoms with Crippen LogP contribution in [-0.2, 0) is 0 Å². The van der Waals surface area contributed by atoms with Crippen LogP contribution in [0.4, 0.5) is 5.82 Å². The molecule has 0 bridgehead atoms. The minimum absolute atomic E-state index is 0.522. The second-order valence-corrected chi connectivity index (χ2v) is 3.47. The van der Waals surface area contributed by atoms with Crippen molar-refractivity contribution in [1.29, 1.82) is 0 Å². The number of aromatic nitrogens is 2. The molecule has 82 valence electrons. The van der Waals surface area contributed by atoms with Crippen molar-refractivity contribution in [2.45, 2.75) is 6.92 Å². The Labute approximate surface area is 94.1 Å². The van der Waals surface area contributed by atoms with E-state index in [0.29, 0.717) is 11.7 Å². The first kappa shape index (κ1) is 10.4. The molecule has 0 atom stereocenters. The van der Waals surface area contributed by atoms with E-state index in [0.717, 1.165) is 16.8 Å². The fourth-order valence-corrected chi connectivity index (χ4v) is 1.51. The van der Waals surface area contributed by atoms with Gasteiger partial charge in [-0.05, 0) is 30.7 Å². The van der Waals surface area contributed by atoms with E-state index in [1.165, 1.54) is 0 Å². The van der Waals surface area contributed by atoms with Crippen molar-refractivity contribution in [3.8, 4) is 17.0 Å². The first-order valence-corrected chi connectivity index (χ1v) is 4.94. The molecule has 0 amide bonds. The molecule has 0 aliphatic carbocycles. The monoisotopic (exact) mass is 215 g/mol. The summed E-state index contributed by atoms with van der Waals surface area (Å²) in [6.07, 6.45) is 1.69. The van der Waals surface area contributed by atoms with Crippen molar-refractivity contribution in [3.05, 3.63) is 36.2 Å². The Balaban J connectivity index is 2.49. The summed E-state index contributed by atoms with van der Waals surface area (Å²) < 4.78 is 5.07. The summed E-state index contributed by atoms with van der Waals surface area (Å²) in [5, 5.41) is 0. The Kier molecular flexibility index (Phi) is 2.72. The highest BCUT2D eigenvalue weighted by Gasteiger charge is 2.05. The van der Waals surface area contributed by atoms with Crippen molar-refractivity contribution < 1.29 is 4.74 Å². The molecule has 0 unspecified atom stereocenters. The predicted octanol–water partition coefficient (Wildman–Crippen LogP) is 2.04. The Morgan fingerprint density at radius 2 is 2.06 bits per heavy atom. The van der Waals surface area contributed by atoms with E-state index >= 15 is 0 Å². The van der Waals surface area contributed by atoms with Gasteiger partial charge in [-0.2, -0.15) is 0 Å². The van der Waals surface area contributed by atoms with Crippen LogP contribution in [0.25, 0.3) is 11.1 Å². The fraction of sp³-hybridized carbons (Fsp3) is 0.167. The highest BCUT2D eigenvalue weighted by molar-refractivity contribution is 5.74. The number of anilines is 1. The van der Waals surface area contributed by atoms with E-state index in [1.54, 1.807) is 13.3 Å². The van der Waals surface area contributed by atoms with Gasteiger partial charge in [0, 0.05) is 23.5 Å².